The molecule has 0 saturated heterocycles. The van der Waals surface area contributed by atoms with Crippen LogP contribution in [0.5, 0.6) is 0 Å². The number of anilines is 2. The summed E-state index contributed by atoms with van der Waals surface area (Å²) in [4.78, 5) is 7.53. The number of aromatic nitrogens is 2. The minimum Gasteiger partial charge on any atom is -0.381 e. The van der Waals surface area contributed by atoms with E-state index >= 15 is 0 Å². The van der Waals surface area contributed by atoms with Gasteiger partial charge < -0.3 is 11.1 Å². The Labute approximate surface area is 82.8 Å². The normalized spacial score (nSPS) is 12.5. The van der Waals surface area contributed by atoms with E-state index in [2.05, 4.69) is 29.1 Å². The Balaban J connectivity index is 2.55. The van der Waals surface area contributed by atoms with Crippen LogP contribution in [0.25, 0.3) is 0 Å². The molecule has 5 heteroatoms. The van der Waals surface area contributed by atoms with Gasteiger partial charge in [-0.3, -0.25) is 0 Å². The van der Waals surface area contributed by atoms with Crippen molar-refractivity contribution in [3.8, 4) is 0 Å². The van der Waals surface area contributed by atoms with E-state index in [4.69, 9.17) is 5.73 Å². The van der Waals surface area contributed by atoms with Crippen molar-refractivity contribution >= 4 is 11.8 Å². The molecule has 0 amide bonds. The van der Waals surface area contributed by atoms with Crippen molar-refractivity contribution in [1.82, 2.24) is 9.97 Å². The summed E-state index contributed by atoms with van der Waals surface area (Å²) in [5.74, 6) is 0.208. The number of nitrogens with zero attached hydrogens (tertiary/aromatic N) is 2. The maximum Gasteiger partial charge on any atom is 0.224 e. The lowest BCUT2D eigenvalue weighted by molar-refractivity contribution is 0.589. The van der Waals surface area contributed by atoms with Crippen LogP contribution in [0.1, 0.15) is 20.3 Å². The summed E-state index contributed by atoms with van der Waals surface area (Å²) in [5, 5.41) is 2.99. The first-order chi connectivity index (χ1) is 6.63. The van der Waals surface area contributed by atoms with Gasteiger partial charge in [0, 0.05) is 6.54 Å². The van der Waals surface area contributed by atoms with E-state index in [-0.39, 0.29) is 5.82 Å². The van der Waals surface area contributed by atoms with E-state index < -0.39 is 5.82 Å². The lowest BCUT2D eigenvalue weighted by atomic mass is 10.1. The highest BCUT2D eigenvalue weighted by molar-refractivity contribution is 5.36. The molecule has 0 aromatic carbocycles. The molecule has 1 aromatic heterocycles. The zero-order valence-electron chi connectivity index (χ0n) is 8.42. The van der Waals surface area contributed by atoms with Gasteiger partial charge in [-0.15, -0.1) is 0 Å². The van der Waals surface area contributed by atoms with Crippen LogP contribution in [-0.2, 0) is 0 Å². The van der Waals surface area contributed by atoms with Gasteiger partial charge in [0.05, 0.1) is 6.20 Å². The van der Waals surface area contributed by atoms with E-state index in [1.54, 1.807) is 0 Å². The van der Waals surface area contributed by atoms with Gasteiger partial charge in [0.25, 0.3) is 0 Å². The Hall–Kier alpha value is -1.39. The van der Waals surface area contributed by atoms with E-state index in [9.17, 15) is 4.39 Å². The first kappa shape index (κ1) is 10.7. The first-order valence-electron chi connectivity index (χ1n) is 4.65. The molecule has 4 nitrogen and oxygen atoms in total. The minimum atomic E-state index is -0.584. The van der Waals surface area contributed by atoms with Crippen molar-refractivity contribution in [2.45, 2.75) is 20.3 Å². The lowest BCUT2D eigenvalue weighted by Crippen LogP contribution is -2.13. The van der Waals surface area contributed by atoms with Gasteiger partial charge in [0.2, 0.25) is 5.95 Å². The van der Waals surface area contributed by atoms with Crippen LogP contribution in [0.2, 0.25) is 0 Å². The smallest absolute Gasteiger partial charge is 0.224 e. The molecule has 3 N–H and O–H groups in total. The molecule has 0 radical (unpaired) electrons. The number of hydrogen-bond acceptors (Lipinski definition) is 4. The summed E-state index contributed by atoms with van der Waals surface area (Å²) in [7, 11) is 0. The molecule has 0 aliphatic carbocycles. The predicted molar refractivity (Wildman–Crippen MR) is 54.3 cm³/mol. The number of rotatable bonds is 4. The van der Waals surface area contributed by atoms with Crippen molar-refractivity contribution in [1.29, 1.82) is 0 Å². The summed E-state index contributed by atoms with van der Waals surface area (Å²) >= 11 is 0. The first-order valence-corrected chi connectivity index (χ1v) is 4.65. The van der Waals surface area contributed by atoms with E-state index in [0.717, 1.165) is 19.2 Å². The third kappa shape index (κ3) is 2.83. The third-order valence-corrected chi connectivity index (χ3v) is 2.08. The van der Waals surface area contributed by atoms with Crippen molar-refractivity contribution in [3.63, 3.8) is 0 Å². The topological polar surface area (TPSA) is 63.8 Å². The number of halogens is 1. The molecular weight excluding hydrogens is 183 g/mol. The second-order valence-corrected chi connectivity index (χ2v) is 3.32. The lowest BCUT2D eigenvalue weighted by Gasteiger charge is -2.09. The minimum absolute atomic E-state index is 0.119. The van der Waals surface area contributed by atoms with Crippen molar-refractivity contribution in [2.75, 3.05) is 17.6 Å². The van der Waals surface area contributed by atoms with Gasteiger partial charge in [0.15, 0.2) is 11.6 Å². The largest absolute Gasteiger partial charge is 0.381 e. The Morgan fingerprint density at radius 2 is 2.36 bits per heavy atom. The summed E-state index contributed by atoms with van der Waals surface area (Å²) in [6, 6.07) is 0. The number of nitrogens with one attached hydrogen (secondary N) is 1. The second kappa shape index (κ2) is 4.74. The van der Waals surface area contributed by atoms with Crippen LogP contribution in [-0.4, -0.2) is 16.5 Å². The molecule has 0 fully saturated rings. The molecule has 1 atom stereocenters. The zero-order valence-corrected chi connectivity index (χ0v) is 8.42. The molecule has 0 spiro atoms. The SMILES string of the molecule is CCC(C)CNc1ncc(F)c(N)n1. The molecule has 0 aliphatic heterocycles. The number of hydrogen-bond donors (Lipinski definition) is 2. The van der Waals surface area contributed by atoms with Gasteiger partial charge in [-0.25, -0.2) is 9.37 Å². The number of nitrogens with two attached hydrogens (primary N) is 1. The zero-order chi connectivity index (χ0) is 10.6. The third-order valence-electron chi connectivity index (χ3n) is 2.08. The molecule has 14 heavy (non-hydrogen) atoms. The highest BCUT2D eigenvalue weighted by atomic mass is 19.1. The van der Waals surface area contributed by atoms with E-state index in [1.807, 2.05) is 0 Å². The maximum absolute atomic E-state index is 12.7. The second-order valence-electron chi connectivity index (χ2n) is 3.32. The average molecular weight is 198 g/mol. The molecule has 78 valence electrons. The summed E-state index contributed by atoms with van der Waals surface area (Å²) < 4.78 is 12.7. The van der Waals surface area contributed by atoms with E-state index in [1.165, 1.54) is 0 Å². The fourth-order valence-electron chi connectivity index (χ4n) is 0.875. The van der Waals surface area contributed by atoms with Crippen molar-refractivity contribution in [3.05, 3.63) is 12.0 Å². The fourth-order valence-corrected chi connectivity index (χ4v) is 0.875. The van der Waals surface area contributed by atoms with Crippen LogP contribution in [0, 0.1) is 11.7 Å². The Bertz CT molecular complexity index is 303. The Morgan fingerprint density at radius 3 is 2.93 bits per heavy atom. The molecule has 0 saturated carbocycles. The van der Waals surface area contributed by atoms with E-state index in [0.29, 0.717) is 11.9 Å². The monoisotopic (exact) mass is 198 g/mol. The van der Waals surface area contributed by atoms with Gasteiger partial charge in [0.1, 0.15) is 0 Å². The molecule has 1 heterocycles. The molecule has 0 bridgehead atoms. The average Bonchev–Trinajstić information content (AvgIpc) is 2.19. The highest BCUT2D eigenvalue weighted by Crippen LogP contribution is 2.08. The van der Waals surface area contributed by atoms with Crippen LogP contribution < -0.4 is 11.1 Å². The molecule has 1 rings (SSSR count). The Morgan fingerprint density at radius 1 is 1.64 bits per heavy atom. The highest BCUT2D eigenvalue weighted by Gasteiger charge is 2.03. The quantitative estimate of drug-likeness (QED) is 0.772. The fraction of sp³-hybridized carbons (Fsp3) is 0.556. The van der Waals surface area contributed by atoms with Crippen LogP contribution in [0.3, 0.4) is 0 Å². The van der Waals surface area contributed by atoms with Crippen molar-refractivity contribution < 1.29 is 4.39 Å². The standard InChI is InChI=1S/C9H15FN4/c1-3-6(2)4-12-9-13-5-7(10)8(11)14-9/h5-6H,3-4H2,1-2H3,(H3,11,12,13,14). The van der Waals surface area contributed by atoms with Crippen LogP contribution in [0.15, 0.2) is 6.20 Å². The van der Waals surface area contributed by atoms with Gasteiger partial charge >= 0.3 is 0 Å². The molecular formula is C9H15FN4. The molecule has 0 aliphatic rings. The summed E-state index contributed by atoms with van der Waals surface area (Å²) in [6.45, 7) is 4.98. The molecule has 1 unspecified atom stereocenters. The summed E-state index contributed by atoms with van der Waals surface area (Å²) in [5.41, 5.74) is 5.29. The summed E-state index contributed by atoms with van der Waals surface area (Å²) in [6.07, 6.45) is 2.14. The predicted octanol–water partition coefficient (Wildman–Crippen LogP) is 1.66. The van der Waals surface area contributed by atoms with Gasteiger partial charge in [-0.1, -0.05) is 20.3 Å². The Kier molecular flexibility index (Phi) is 3.62. The van der Waals surface area contributed by atoms with Crippen LogP contribution >= 0.6 is 0 Å². The molecule has 1 aromatic rings. The number of nitrogen functional groups attached to an aromatic ring is 1. The van der Waals surface area contributed by atoms with Gasteiger partial charge in [-0.2, -0.15) is 4.98 Å². The van der Waals surface area contributed by atoms with Gasteiger partial charge in [-0.05, 0) is 5.92 Å². The maximum atomic E-state index is 12.7. The van der Waals surface area contributed by atoms with Crippen molar-refractivity contribution in [2.24, 2.45) is 5.92 Å². The van der Waals surface area contributed by atoms with Crippen LogP contribution in [0.4, 0.5) is 16.2 Å².